The molecular formula is C16H15BrF2N2O3. The van der Waals surface area contributed by atoms with Gasteiger partial charge in [0.15, 0.2) is 0 Å². The second-order valence-electron chi connectivity index (χ2n) is 5.76. The lowest BCUT2D eigenvalue weighted by Gasteiger charge is -2.26. The number of anilines is 1. The maximum atomic E-state index is 13.5. The number of carbonyl (C=O) groups is 1. The number of alkyl halides is 2. The molecule has 8 heteroatoms. The van der Waals surface area contributed by atoms with Crippen molar-refractivity contribution in [3.63, 3.8) is 0 Å². The number of halogens is 3. The van der Waals surface area contributed by atoms with Crippen molar-refractivity contribution in [1.82, 2.24) is 4.98 Å². The second-order valence-corrected chi connectivity index (χ2v) is 6.68. The summed E-state index contributed by atoms with van der Waals surface area (Å²) in [6, 6.07) is 7.37. The fourth-order valence-corrected chi connectivity index (χ4v) is 3.14. The average molecular weight is 401 g/mol. The largest absolute Gasteiger partial charge is 0.481 e. The third kappa shape index (κ3) is 3.34. The molecule has 24 heavy (non-hydrogen) atoms. The number of hydrogen-bond donors (Lipinski definition) is 1. The quantitative estimate of drug-likeness (QED) is 0.829. The first-order valence-corrected chi connectivity index (χ1v) is 8.13. The smallest absolute Gasteiger partial charge is 0.303 e. The van der Waals surface area contributed by atoms with Gasteiger partial charge < -0.3 is 14.7 Å². The van der Waals surface area contributed by atoms with Gasteiger partial charge in [0.2, 0.25) is 0 Å². The van der Waals surface area contributed by atoms with Crippen LogP contribution in [0.4, 0.5) is 14.5 Å². The molecule has 0 aliphatic carbocycles. The predicted octanol–water partition coefficient (Wildman–Crippen LogP) is 3.66. The van der Waals surface area contributed by atoms with Gasteiger partial charge in [-0.25, -0.2) is 8.78 Å². The number of benzene rings is 1. The summed E-state index contributed by atoms with van der Waals surface area (Å²) in [6.45, 7) is -0.0538. The van der Waals surface area contributed by atoms with Crippen LogP contribution >= 0.6 is 15.9 Å². The molecule has 0 amide bonds. The highest BCUT2D eigenvalue weighted by Gasteiger charge is 2.47. The number of carboxylic acid groups (broad SMARTS) is 1. The Morgan fingerprint density at radius 1 is 1.46 bits per heavy atom. The predicted molar refractivity (Wildman–Crippen MR) is 88.3 cm³/mol. The highest BCUT2D eigenvalue weighted by atomic mass is 79.9. The minimum Gasteiger partial charge on any atom is -0.481 e. The minimum absolute atomic E-state index is 0.00308. The third-order valence-electron chi connectivity index (χ3n) is 4.12. The lowest BCUT2D eigenvalue weighted by Crippen LogP contribution is -2.42. The molecular weight excluding hydrogens is 386 g/mol. The van der Waals surface area contributed by atoms with E-state index in [2.05, 4.69) is 20.9 Å². The van der Waals surface area contributed by atoms with E-state index in [1.165, 1.54) is 0 Å². The van der Waals surface area contributed by atoms with Crippen molar-refractivity contribution in [3.8, 4) is 0 Å². The summed E-state index contributed by atoms with van der Waals surface area (Å²) in [5.74, 6) is -1.11. The summed E-state index contributed by atoms with van der Waals surface area (Å²) in [4.78, 5) is 16.7. The number of aromatic nitrogens is 1. The molecule has 1 aromatic heterocycles. The number of pyridine rings is 1. The monoisotopic (exact) mass is 400 g/mol. The fraction of sp³-hybridized carbons (Fsp3) is 0.375. The summed E-state index contributed by atoms with van der Waals surface area (Å²) in [6.07, 6.45) is -1.64. The van der Waals surface area contributed by atoms with Gasteiger partial charge in [0.1, 0.15) is 12.3 Å². The first-order valence-electron chi connectivity index (χ1n) is 7.34. The van der Waals surface area contributed by atoms with Crippen molar-refractivity contribution >= 4 is 38.5 Å². The molecule has 1 unspecified atom stereocenters. The maximum absolute atomic E-state index is 13.5. The zero-order chi connectivity index (χ0) is 17.3. The molecule has 1 fully saturated rings. The van der Waals surface area contributed by atoms with Crippen LogP contribution in [0.5, 0.6) is 0 Å². The van der Waals surface area contributed by atoms with Crippen LogP contribution < -0.4 is 4.90 Å². The maximum Gasteiger partial charge on any atom is 0.303 e. The lowest BCUT2D eigenvalue weighted by molar-refractivity contribution is -0.142. The van der Waals surface area contributed by atoms with Crippen LogP contribution in [0.3, 0.4) is 0 Å². The van der Waals surface area contributed by atoms with Crippen LogP contribution in [0.15, 0.2) is 34.9 Å². The van der Waals surface area contributed by atoms with Crippen LogP contribution in [0.1, 0.15) is 12.8 Å². The first-order chi connectivity index (χ1) is 11.4. The molecule has 1 atom stereocenters. The van der Waals surface area contributed by atoms with Gasteiger partial charge in [0.25, 0.3) is 6.43 Å². The Morgan fingerprint density at radius 2 is 2.25 bits per heavy atom. The SMILES string of the molecule is O=C(O)CCC1(C(F)F)CN(c2ccc3ncc(Br)cc3c2)CO1. The Morgan fingerprint density at radius 3 is 2.96 bits per heavy atom. The Labute approximate surface area is 145 Å². The molecule has 128 valence electrons. The fourth-order valence-electron chi connectivity index (χ4n) is 2.79. The molecule has 0 spiro atoms. The molecule has 1 aromatic carbocycles. The van der Waals surface area contributed by atoms with Crippen molar-refractivity contribution in [2.75, 3.05) is 18.2 Å². The molecule has 1 N–H and O–H groups in total. The zero-order valence-corrected chi connectivity index (χ0v) is 14.2. The van der Waals surface area contributed by atoms with Gasteiger partial charge in [-0.3, -0.25) is 9.78 Å². The number of ether oxygens (including phenoxy) is 1. The van der Waals surface area contributed by atoms with Crippen LogP contribution in [0.2, 0.25) is 0 Å². The Bertz CT molecular complexity index is 774. The Kier molecular flexibility index (Phi) is 4.69. The Balaban J connectivity index is 1.84. The van der Waals surface area contributed by atoms with Crippen LogP contribution in [-0.2, 0) is 9.53 Å². The van der Waals surface area contributed by atoms with E-state index in [4.69, 9.17) is 9.84 Å². The molecule has 3 rings (SSSR count). The van der Waals surface area contributed by atoms with E-state index < -0.39 is 18.0 Å². The number of hydrogen-bond acceptors (Lipinski definition) is 4. The molecule has 0 saturated carbocycles. The minimum atomic E-state index is -2.75. The summed E-state index contributed by atoms with van der Waals surface area (Å²) in [5.41, 5.74) is -0.212. The molecule has 0 radical (unpaired) electrons. The summed E-state index contributed by atoms with van der Waals surface area (Å²) in [7, 11) is 0. The average Bonchev–Trinajstić information content (AvgIpc) is 2.98. The molecule has 1 aliphatic rings. The van der Waals surface area contributed by atoms with Crippen molar-refractivity contribution in [2.45, 2.75) is 24.9 Å². The molecule has 2 heterocycles. The highest BCUT2D eigenvalue weighted by molar-refractivity contribution is 9.10. The van der Waals surface area contributed by atoms with Gasteiger partial charge in [0.05, 0.1) is 12.1 Å². The molecule has 2 aromatic rings. The normalized spacial score (nSPS) is 20.9. The molecule has 5 nitrogen and oxygen atoms in total. The van der Waals surface area contributed by atoms with Crippen molar-refractivity contribution < 1.29 is 23.4 Å². The number of carboxylic acids is 1. The van der Waals surface area contributed by atoms with Crippen LogP contribution in [0.25, 0.3) is 10.9 Å². The molecule has 1 aliphatic heterocycles. The van der Waals surface area contributed by atoms with Gasteiger partial charge in [-0.15, -0.1) is 0 Å². The van der Waals surface area contributed by atoms with Gasteiger partial charge in [-0.2, -0.15) is 0 Å². The molecule has 1 saturated heterocycles. The number of fused-ring (bicyclic) bond motifs is 1. The number of rotatable bonds is 5. The van der Waals surface area contributed by atoms with Gasteiger partial charge >= 0.3 is 5.97 Å². The van der Waals surface area contributed by atoms with Crippen LogP contribution in [-0.4, -0.2) is 41.4 Å². The van der Waals surface area contributed by atoms with E-state index in [9.17, 15) is 13.6 Å². The van der Waals surface area contributed by atoms with Crippen molar-refractivity contribution in [2.24, 2.45) is 0 Å². The number of nitrogens with zero attached hydrogens (tertiary/aromatic N) is 2. The lowest BCUT2D eigenvalue weighted by atomic mass is 9.98. The second kappa shape index (κ2) is 6.60. The van der Waals surface area contributed by atoms with E-state index in [1.54, 1.807) is 17.2 Å². The summed E-state index contributed by atoms with van der Waals surface area (Å²) in [5, 5.41) is 9.65. The van der Waals surface area contributed by atoms with Gasteiger partial charge in [-0.05, 0) is 46.6 Å². The van der Waals surface area contributed by atoms with Gasteiger partial charge in [0, 0.05) is 28.2 Å². The van der Waals surface area contributed by atoms with Crippen LogP contribution in [0, 0.1) is 0 Å². The topological polar surface area (TPSA) is 62.7 Å². The first kappa shape index (κ1) is 17.0. The van der Waals surface area contributed by atoms with E-state index in [-0.39, 0.29) is 26.1 Å². The summed E-state index contributed by atoms with van der Waals surface area (Å²) < 4.78 is 33.1. The van der Waals surface area contributed by atoms with E-state index in [1.807, 2.05) is 18.2 Å². The van der Waals surface area contributed by atoms with E-state index in [0.29, 0.717) is 0 Å². The van der Waals surface area contributed by atoms with Gasteiger partial charge in [-0.1, -0.05) is 0 Å². The number of aliphatic carboxylic acids is 1. The van der Waals surface area contributed by atoms with E-state index >= 15 is 0 Å². The van der Waals surface area contributed by atoms with Crippen molar-refractivity contribution in [1.29, 1.82) is 0 Å². The third-order valence-corrected chi connectivity index (χ3v) is 4.56. The highest BCUT2D eigenvalue weighted by Crippen LogP contribution is 2.35. The van der Waals surface area contributed by atoms with Crippen molar-refractivity contribution in [3.05, 3.63) is 34.9 Å². The standard InChI is InChI=1S/C16H15BrF2N2O3/c17-11-5-10-6-12(1-2-13(10)20-7-11)21-8-16(15(18)19,24-9-21)4-3-14(22)23/h1-2,5-7,15H,3-4,8-9H2,(H,22,23). The van der Waals surface area contributed by atoms with E-state index in [0.717, 1.165) is 21.1 Å². The Hall–Kier alpha value is -1.80. The zero-order valence-electron chi connectivity index (χ0n) is 12.6. The summed E-state index contributed by atoms with van der Waals surface area (Å²) >= 11 is 3.36. The molecule has 0 bridgehead atoms.